The normalized spacial score (nSPS) is 30.6. The van der Waals surface area contributed by atoms with Crippen LogP contribution in [0.3, 0.4) is 0 Å². The molecule has 0 spiro atoms. The van der Waals surface area contributed by atoms with Gasteiger partial charge in [0, 0.05) is 12.1 Å². The van der Waals surface area contributed by atoms with E-state index in [1.807, 2.05) is 27.9 Å². The number of rotatable bonds is 5. The molecule has 108 valence electrons. The standard InChI is InChI=1S/C14H24N2O3/c1-13(2)9(10(13)12(18)19)11(17)15-8-14(16(3)4)6-5-7-14/h9-10H,5-8H2,1-4H3,(H,15,17)(H,18,19)/t9-,10+/m1/s1. The van der Waals surface area contributed by atoms with Crippen LogP contribution in [0, 0.1) is 17.3 Å². The van der Waals surface area contributed by atoms with Crippen LogP contribution in [-0.4, -0.2) is 48.1 Å². The molecule has 0 saturated heterocycles. The first-order valence-electron chi connectivity index (χ1n) is 6.90. The lowest BCUT2D eigenvalue weighted by atomic mass is 9.75. The molecule has 0 aromatic carbocycles. The maximum absolute atomic E-state index is 12.2. The van der Waals surface area contributed by atoms with Crippen molar-refractivity contribution in [3.8, 4) is 0 Å². The fraction of sp³-hybridized carbons (Fsp3) is 0.857. The van der Waals surface area contributed by atoms with Gasteiger partial charge in [0.05, 0.1) is 11.8 Å². The zero-order valence-corrected chi connectivity index (χ0v) is 12.2. The van der Waals surface area contributed by atoms with Gasteiger partial charge in [-0.2, -0.15) is 0 Å². The summed E-state index contributed by atoms with van der Waals surface area (Å²) in [6.07, 6.45) is 3.38. The Morgan fingerprint density at radius 2 is 1.84 bits per heavy atom. The van der Waals surface area contributed by atoms with Crippen molar-refractivity contribution >= 4 is 11.9 Å². The molecule has 1 amide bonds. The molecule has 0 aromatic heterocycles. The summed E-state index contributed by atoms with van der Waals surface area (Å²) in [6, 6.07) is 0. The summed E-state index contributed by atoms with van der Waals surface area (Å²) in [5.41, 5.74) is -0.339. The van der Waals surface area contributed by atoms with Gasteiger partial charge in [-0.25, -0.2) is 0 Å². The average molecular weight is 268 g/mol. The van der Waals surface area contributed by atoms with E-state index in [1.165, 1.54) is 6.42 Å². The second kappa shape index (κ2) is 4.47. The molecule has 2 rings (SSSR count). The minimum atomic E-state index is -0.865. The number of nitrogens with one attached hydrogen (secondary N) is 1. The molecular formula is C14H24N2O3. The molecule has 0 radical (unpaired) electrons. The Balaban J connectivity index is 1.91. The molecule has 0 heterocycles. The zero-order chi connectivity index (χ0) is 14.4. The third-order valence-electron chi connectivity index (χ3n) is 5.20. The van der Waals surface area contributed by atoms with Gasteiger partial charge in [0.2, 0.25) is 5.91 Å². The van der Waals surface area contributed by atoms with E-state index < -0.39 is 17.3 Å². The summed E-state index contributed by atoms with van der Waals surface area (Å²) < 4.78 is 0. The van der Waals surface area contributed by atoms with E-state index in [0.717, 1.165) is 12.8 Å². The van der Waals surface area contributed by atoms with E-state index in [2.05, 4.69) is 10.2 Å². The Morgan fingerprint density at radius 3 is 2.16 bits per heavy atom. The molecule has 0 bridgehead atoms. The number of carbonyl (C=O) groups is 2. The minimum absolute atomic E-state index is 0.0768. The van der Waals surface area contributed by atoms with Gasteiger partial charge in [-0.05, 0) is 38.8 Å². The van der Waals surface area contributed by atoms with Crippen molar-refractivity contribution in [3.63, 3.8) is 0 Å². The molecule has 5 heteroatoms. The molecule has 2 atom stereocenters. The van der Waals surface area contributed by atoms with Crippen molar-refractivity contribution in [2.45, 2.75) is 38.6 Å². The van der Waals surface area contributed by atoms with Crippen LogP contribution < -0.4 is 5.32 Å². The summed E-state index contributed by atoms with van der Waals surface area (Å²) in [5.74, 6) is -1.89. The molecule has 2 saturated carbocycles. The maximum atomic E-state index is 12.2. The Labute approximate surface area is 114 Å². The van der Waals surface area contributed by atoms with Crippen molar-refractivity contribution in [1.82, 2.24) is 10.2 Å². The fourth-order valence-corrected chi connectivity index (χ4v) is 3.32. The number of hydrogen-bond acceptors (Lipinski definition) is 3. The lowest BCUT2D eigenvalue weighted by Gasteiger charge is -2.47. The summed E-state index contributed by atoms with van der Waals surface area (Å²) in [6.45, 7) is 4.32. The van der Waals surface area contributed by atoms with Crippen LogP contribution in [0.2, 0.25) is 0 Å². The van der Waals surface area contributed by atoms with Crippen LogP contribution in [0.25, 0.3) is 0 Å². The van der Waals surface area contributed by atoms with Crippen LogP contribution in [0.4, 0.5) is 0 Å². The van der Waals surface area contributed by atoms with Gasteiger partial charge in [0.25, 0.3) is 0 Å². The third-order valence-corrected chi connectivity index (χ3v) is 5.20. The molecule has 2 aliphatic rings. The van der Waals surface area contributed by atoms with Gasteiger partial charge >= 0.3 is 5.97 Å². The minimum Gasteiger partial charge on any atom is -0.481 e. The summed E-state index contributed by atoms with van der Waals surface area (Å²) in [5, 5.41) is 12.1. The lowest BCUT2D eigenvalue weighted by molar-refractivity contribution is -0.140. The second-order valence-electron chi connectivity index (χ2n) is 6.81. The van der Waals surface area contributed by atoms with Crippen LogP contribution in [0.1, 0.15) is 33.1 Å². The Hall–Kier alpha value is -1.10. The molecule has 0 aliphatic heterocycles. The first-order valence-corrected chi connectivity index (χ1v) is 6.90. The van der Waals surface area contributed by atoms with Crippen LogP contribution in [0.15, 0.2) is 0 Å². The summed E-state index contributed by atoms with van der Waals surface area (Å²) in [4.78, 5) is 25.4. The predicted octanol–water partition coefficient (Wildman–Crippen LogP) is 0.944. The fourth-order valence-electron chi connectivity index (χ4n) is 3.32. The highest BCUT2D eigenvalue weighted by Gasteiger charge is 2.66. The number of carboxylic acids is 1. The Morgan fingerprint density at radius 1 is 1.26 bits per heavy atom. The summed E-state index contributed by atoms with van der Waals surface area (Å²) >= 11 is 0. The first kappa shape index (κ1) is 14.3. The highest BCUT2D eigenvalue weighted by molar-refractivity contribution is 5.91. The number of carboxylic acid groups (broad SMARTS) is 1. The van der Waals surface area contributed by atoms with Crippen molar-refractivity contribution in [2.24, 2.45) is 17.3 Å². The van der Waals surface area contributed by atoms with E-state index in [0.29, 0.717) is 6.54 Å². The van der Waals surface area contributed by atoms with E-state index in [4.69, 9.17) is 5.11 Å². The summed E-state index contributed by atoms with van der Waals surface area (Å²) in [7, 11) is 4.07. The second-order valence-corrected chi connectivity index (χ2v) is 6.81. The number of aliphatic carboxylic acids is 1. The van der Waals surface area contributed by atoms with Gasteiger partial charge in [0.1, 0.15) is 0 Å². The molecule has 5 nitrogen and oxygen atoms in total. The number of likely N-dealkylation sites (N-methyl/N-ethyl adjacent to an activating group) is 1. The van der Waals surface area contributed by atoms with Crippen LogP contribution in [0.5, 0.6) is 0 Å². The Bertz CT molecular complexity index is 399. The molecule has 2 N–H and O–H groups in total. The van der Waals surface area contributed by atoms with E-state index >= 15 is 0 Å². The van der Waals surface area contributed by atoms with Crippen molar-refractivity contribution < 1.29 is 14.7 Å². The van der Waals surface area contributed by atoms with Crippen LogP contribution >= 0.6 is 0 Å². The van der Waals surface area contributed by atoms with Gasteiger partial charge < -0.3 is 15.3 Å². The van der Waals surface area contributed by atoms with Crippen molar-refractivity contribution in [2.75, 3.05) is 20.6 Å². The number of amides is 1. The smallest absolute Gasteiger partial charge is 0.307 e. The van der Waals surface area contributed by atoms with Crippen molar-refractivity contribution in [1.29, 1.82) is 0 Å². The van der Waals surface area contributed by atoms with Gasteiger partial charge in [-0.3, -0.25) is 9.59 Å². The molecular weight excluding hydrogens is 244 g/mol. The quantitative estimate of drug-likeness (QED) is 0.778. The number of carbonyl (C=O) groups excluding carboxylic acids is 1. The number of hydrogen-bond donors (Lipinski definition) is 2. The molecule has 2 aliphatic carbocycles. The largest absolute Gasteiger partial charge is 0.481 e. The van der Waals surface area contributed by atoms with Gasteiger partial charge in [-0.15, -0.1) is 0 Å². The topological polar surface area (TPSA) is 69.6 Å². The third kappa shape index (κ3) is 2.24. The van der Waals surface area contributed by atoms with E-state index in [9.17, 15) is 9.59 Å². The average Bonchev–Trinajstić information content (AvgIpc) is 2.79. The SMILES string of the molecule is CN(C)C1(CNC(=O)[C@H]2[C@@H](C(=O)O)C2(C)C)CCC1. The lowest BCUT2D eigenvalue weighted by Crippen LogP contribution is -2.57. The highest BCUT2D eigenvalue weighted by atomic mass is 16.4. The maximum Gasteiger partial charge on any atom is 0.307 e. The van der Waals surface area contributed by atoms with E-state index in [1.54, 1.807) is 0 Å². The predicted molar refractivity (Wildman–Crippen MR) is 71.7 cm³/mol. The zero-order valence-electron chi connectivity index (χ0n) is 12.2. The van der Waals surface area contributed by atoms with Crippen LogP contribution in [-0.2, 0) is 9.59 Å². The molecule has 19 heavy (non-hydrogen) atoms. The molecule has 0 aromatic rings. The van der Waals surface area contributed by atoms with Crippen molar-refractivity contribution in [3.05, 3.63) is 0 Å². The monoisotopic (exact) mass is 268 g/mol. The highest BCUT2D eigenvalue weighted by Crippen LogP contribution is 2.58. The Kier molecular flexibility index (Phi) is 3.37. The van der Waals surface area contributed by atoms with Gasteiger partial charge in [-0.1, -0.05) is 13.8 Å². The molecule has 0 unspecified atom stereocenters. The first-order chi connectivity index (χ1) is 8.72. The van der Waals surface area contributed by atoms with E-state index in [-0.39, 0.29) is 17.4 Å². The number of nitrogens with zero attached hydrogens (tertiary/aromatic N) is 1. The molecule has 2 fully saturated rings. The van der Waals surface area contributed by atoms with Gasteiger partial charge in [0.15, 0.2) is 0 Å².